The minimum Gasteiger partial charge on any atom is -0.371 e. The summed E-state index contributed by atoms with van der Waals surface area (Å²) in [6, 6.07) is 22.1. The Morgan fingerprint density at radius 1 is 0.917 bits per heavy atom. The van der Waals surface area contributed by atoms with E-state index in [1.807, 2.05) is 48.5 Å². The first-order valence-corrected chi connectivity index (χ1v) is 9.27. The summed E-state index contributed by atoms with van der Waals surface area (Å²) >= 11 is 0. The van der Waals surface area contributed by atoms with E-state index in [0.717, 1.165) is 10.8 Å². The van der Waals surface area contributed by atoms with E-state index in [9.17, 15) is 8.42 Å². The first-order valence-electron chi connectivity index (χ1n) is 7.83. The highest BCUT2D eigenvalue weighted by atomic mass is 32.2. The molecule has 4 nitrogen and oxygen atoms in total. The average molecular weight is 339 g/mol. The molecule has 3 aromatic carbocycles. The van der Waals surface area contributed by atoms with Crippen molar-refractivity contribution in [2.24, 2.45) is 0 Å². The van der Waals surface area contributed by atoms with Gasteiger partial charge in [-0.05, 0) is 23.6 Å². The summed E-state index contributed by atoms with van der Waals surface area (Å²) in [5, 5.41) is 1.93. The van der Waals surface area contributed by atoms with Gasteiger partial charge in [0.25, 0.3) is 10.0 Å². The fourth-order valence-electron chi connectivity index (χ4n) is 2.83. The molecule has 24 heavy (non-hydrogen) atoms. The number of sulfonamides is 1. The van der Waals surface area contributed by atoms with Crippen LogP contribution in [0.5, 0.6) is 0 Å². The predicted molar refractivity (Wildman–Crippen MR) is 94.7 cm³/mol. The second-order valence-corrected chi connectivity index (χ2v) is 7.67. The van der Waals surface area contributed by atoms with E-state index in [1.54, 1.807) is 24.3 Å². The fourth-order valence-corrected chi connectivity index (χ4v) is 4.37. The summed E-state index contributed by atoms with van der Waals surface area (Å²) in [5.41, 5.74) is 0.687. The monoisotopic (exact) mass is 339 g/mol. The van der Waals surface area contributed by atoms with Crippen LogP contribution in [0, 0.1) is 0 Å². The van der Waals surface area contributed by atoms with Gasteiger partial charge in [0.15, 0.2) is 0 Å². The Bertz CT molecular complexity index is 961. The number of rotatable bonds is 5. The van der Waals surface area contributed by atoms with Gasteiger partial charge in [-0.1, -0.05) is 54.6 Å². The maximum atomic E-state index is 13.2. The van der Waals surface area contributed by atoms with Gasteiger partial charge in [-0.3, -0.25) is 4.31 Å². The molecule has 0 amide bonds. The Kier molecular flexibility index (Phi) is 3.75. The molecule has 1 heterocycles. The maximum absolute atomic E-state index is 13.2. The molecule has 4 rings (SSSR count). The van der Waals surface area contributed by atoms with Gasteiger partial charge in [-0.2, -0.15) is 0 Å². The lowest BCUT2D eigenvalue weighted by molar-refractivity contribution is 0.412. The van der Waals surface area contributed by atoms with Crippen LogP contribution in [0.3, 0.4) is 0 Å². The van der Waals surface area contributed by atoms with E-state index in [1.165, 1.54) is 4.31 Å². The van der Waals surface area contributed by atoms with Crippen molar-refractivity contribution in [3.05, 3.63) is 72.8 Å². The molecule has 3 aromatic rings. The van der Waals surface area contributed by atoms with Crippen molar-refractivity contribution < 1.29 is 13.2 Å². The van der Waals surface area contributed by atoms with Crippen molar-refractivity contribution in [3.63, 3.8) is 0 Å². The van der Waals surface area contributed by atoms with E-state index in [2.05, 4.69) is 0 Å². The Morgan fingerprint density at radius 2 is 1.58 bits per heavy atom. The minimum absolute atomic E-state index is 0.0394. The molecule has 1 fully saturated rings. The first-order chi connectivity index (χ1) is 11.7. The average Bonchev–Trinajstić information content (AvgIpc) is 3.44. The van der Waals surface area contributed by atoms with E-state index in [4.69, 9.17) is 4.74 Å². The molecule has 0 radical (unpaired) electrons. The van der Waals surface area contributed by atoms with Crippen LogP contribution in [0.15, 0.2) is 77.7 Å². The van der Waals surface area contributed by atoms with Gasteiger partial charge >= 0.3 is 0 Å². The van der Waals surface area contributed by atoms with E-state index in [-0.39, 0.29) is 6.10 Å². The third kappa shape index (κ3) is 2.77. The van der Waals surface area contributed by atoms with Gasteiger partial charge in [-0.15, -0.1) is 0 Å². The normalized spacial score (nSPS) is 16.9. The molecule has 0 bridgehead atoms. The predicted octanol–water partition coefficient (Wildman–Crippen LogP) is 3.43. The van der Waals surface area contributed by atoms with Gasteiger partial charge in [0, 0.05) is 5.39 Å². The molecule has 5 heteroatoms. The number of nitrogens with zero attached hydrogens (tertiary/aromatic N) is 1. The summed E-state index contributed by atoms with van der Waals surface area (Å²) in [6.07, 6.45) is -0.0394. The molecular weight excluding hydrogens is 322 g/mol. The Labute approximate surface area is 141 Å². The molecule has 0 spiro atoms. The standard InChI is InChI=1S/C19H17NO3S/c21-24(22,17-9-2-1-3-10-17)20(13-16-14-23-16)19-12-6-8-15-7-4-5-11-18(15)19/h1-12,16H,13-14H2/t16-/m0/s1. The molecular formula is C19H17NO3S. The second-order valence-electron chi connectivity index (χ2n) is 5.80. The lowest BCUT2D eigenvalue weighted by Crippen LogP contribution is -2.34. The Balaban J connectivity index is 1.88. The summed E-state index contributed by atoms with van der Waals surface area (Å²) in [5.74, 6) is 0. The van der Waals surface area contributed by atoms with Crippen LogP contribution in [-0.2, 0) is 14.8 Å². The highest BCUT2D eigenvalue weighted by Crippen LogP contribution is 2.32. The molecule has 0 saturated carbocycles. The number of fused-ring (bicyclic) bond motifs is 1. The summed E-state index contributed by atoms with van der Waals surface area (Å²) < 4.78 is 33.2. The number of benzene rings is 3. The first kappa shape index (κ1) is 15.2. The van der Waals surface area contributed by atoms with Gasteiger partial charge in [0.1, 0.15) is 0 Å². The third-order valence-corrected chi connectivity index (χ3v) is 5.93. The number of epoxide rings is 1. The summed E-state index contributed by atoms with van der Waals surface area (Å²) in [6.45, 7) is 0.927. The summed E-state index contributed by atoms with van der Waals surface area (Å²) in [4.78, 5) is 0.290. The van der Waals surface area contributed by atoms with Crippen LogP contribution >= 0.6 is 0 Å². The van der Waals surface area contributed by atoms with Crippen LogP contribution < -0.4 is 4.31 Å². The van der Waals surface area contributed by atoms with Gasteiger partial charge < -0.3 is 4.74 Å². The van der Waals surface area contributed by atoms with Crippen LogP contribution in [0.2, 0.25) is 0 Å². The highest BCUT2D eigenvalue weighted by Gasteiger charge is 2.33. The molecule has 1 saturated heterocycles. The van der Waals surface area contributed by atoms with Crippen molar-refractivity contribution in [2.45, 2.75) is 11.0 Å². The van der Waals surface area contributed by atoms with E-state index < -0.39 is 10.0 Å². The number of hydrogen-bond acceptors (Lipinski definition) is 3. The summed E-state index contributed by atoms with van der Waals surface area (Å²) in [7, 11) is -3.65. The largest absolute Gasteiger partial charge is 0.371 e. The lowest BCUT2D eigenvalue weighted by Gasteiger charge is -2.25. The van der Waals surface area contributed by atoms with Gasteiger partial charge in [-0.25, -0.2) is 8.42 Å². The third-order valence-electron chi connectivity index (χ3n) is 4.14. The fraction of sp³-hybridized carbons (Fsp3) is 0.158. The van der Waals surface area contributed by atoms with Gasteiger partial charge in [0.2, 0.25) is 0 Å². The van der Waals surface area contributed by atoms with Crippen molar-refractivity contribution in [1.29, 1.82) is 0 Å². The SMILES string of the molecule is O=S(=O)(c1ccccc1)N(C[C@H]1CO1)c1cccc2ccccc12. The molecule has 0 N–H and O–H groups in total. The zero-order chi connectivity index (χ0) is 16.6. The van der Waals surface area contributed by atoms with Crippen molar-refractivity contribution in [2.75, 3.05) is 17.5 Å². The zero-order valence-electron chi connectivity index (χ0n) is 13.0. The van der Waals surface area contributed by atoms with Crippen molar-refractivity contribution in [1.82, 2.24) is 0 Å². The molecule has 1 aliphatic rings. The number of ether oxygens (including phenoxy) is 1. The van der Waals surface area contributed by atoms with E-state index >= 15 is 0 Å². The Morgan fingerprint density at radius 3 is 2.33 bits per heavy atom. The molecule has 1 aliphatic heterocycles. The quantitative estimate of drug-likeness (QED) is 0.669. The van der Waals surface area contributed by atoms with E-state index in [0.29, 0.717) is 23.7 Å². The molecule has 0 aromatic heterocycles. The van der Waals surface area contributed by atoms with Crippen LogP contribution in [0.25, 0.3) is 10.8 Å². The second kappa shape index (κ2) is 5.92. The van der Waals surface area contributed by atoms with Gasteiger partial charge in [0.05, 0.1) is 29.8 Å². The van der Waals surface area contributed by atoms with Crippen LogP contribution in [-0.4, -0.2) is 27.7 Å². The lowest BCUT2D eigenvalue weighted by atomic mass is 10.1. The minimum atomic E-state index is -3.65. The molecule has 0 aliphatic carbocycles. The number of hydrogen-bond donors (Lipinski definition) is 0. The highest BCUT2D eigenvalue weighted by molar-refractivity contribution is 7.92. The molecule has 1 atom stereocenters. The molecule has 0 unspecified atom stereocenters. The van der Waals surface area contributed by atoms with Crippen LogP contribution in [0.4, 0.5) is 5.69 Å². The smallest absolute Gasteiger partial charge is 0.264 e. The maximum Gasteiger partial charge on any atom is 0.264 e. The molecule has 122 valence electrons. The number of anilines is 1. The van der Waals surface area contributed by atoms with Crippen molar-refractivity contribution >= 4 is 26.5 Å². The van der Waals surface area contributed by atoms with Crippen molar-refractivity contribution in [3.8, 4) is 0 Å². The zero-order valence-corrected chi connectivity index (χ0v) is 13.8. The van der Waals surface area contributed by atoms with Crippen LogP contribution in [0.1, 0.15) is 0 Å². The topological polar surface area (TPSA) is 49.9 Å². The Hall–Kier alpha value is -2.37.